The maximum Gasteiger partial charge on any atom is 0.322 e. The number of carboxylic acids is 1. The highest BCUT2D eigenvalue weighted by Gasteiger charge is 2.24. The Morgan fingerprint density at radius 2 is 1.69 bits per heavy atom. The Hall–Kier alpha value is -4.01. The van der Waals surface area contributed by atoms with E-state index < -0.39 is 22.0 Å². The number of nitrogens with zero attached hydrogens (tertiary/aromatic N) is 1. The summed E-state index contributed by atoms with van der Waals surface area (Å²) in [6.07, 6.45) is 2.46. The molecule has 0 aliphatic heterocycles. The lowest BCUT2D eigenvalue weighted by Gasteiger charge is -2.16. The van der Waals surface area contributed by atoms with Crippen LogP contribution in [-0.2, 0) is 33.4 Å². The van der Waals surface area contributed by atoms with E-state index in [9.17, 15) is 18.3 Å². The Balaban J connectivity index is 1.37. The summed E-state index contributed by atoms with van der Waals surface area (Å²) in [7, 11) is -3.85. The smallest absolute Gasteiger partial charge is 0.322 e. The van der Waals surface area contributed by atoms with Crippen LogP contribution in [0.3, 0.4) is 0 Å². The maximum absolute atomic E-state index is 12.6. The second kappa shape index (κ2) is 12.7. The Labute approximate surface area is 229 Å². The number of benzene rings is 3. The van der Waals surface area contributed by atoms with E-state index in [-0.39, 0.29) is 12.2 Å². The number of hydrogen-bond acceptors (Lipinski definition) is 5. The molecule has 1 aromatic heterocycles. The summed E-state index contributed by atoms with van der Waals surface area (Å²) < 4.78 is 33.5. The lowest BCUT2D eigenvalue weighted by Crippen LogP contribution is -2.42. The molecule has 0 aliphatic rings. The van der Waals surface area contributed by atoms with Crippen molar-refractivity contribution in [1.82, 2.24) is 9.71 Å². The van der Waals surface area contributed by atoms with Gasteiger partial charge in [0.05, 0.1) is 18.1 Å². The number of carboxylic acid groups (broad SMARTS) is 1. The third-order valence-electron chi connectivity index (χ3n) is 6.31. The molecule has 1 atom stereocenters. The molecule has 2 N–H and O–H groups in total. The number of pyridine rings is 1. The summed E-state index contributed by atoms with van der Waals surface area (Å²) in [6.45, 7) is 4.56. The van der Waals surface area contributed by atoms with Gasteiger partial charge >= 0.3 is 5.97 Å². The maximum atomic E-state index is 12.6. The van der Waals surface area contributed by atoms with E-state index in [2.05, 4.69) is 47.8 Å². The zero-order valence-electron chi connectivity index (χ0n) is 22.0. The van der Waals surface area contributed by atoms with E-state index in [1.165, 1.54) is 11.1 Å². The van der Waals surface area contributed by atoms with Crippen LogP contribution in [0.4, 0.5) is 0 Å². The van der Waals surface area contributed by atoms with Crippen molar-refractivity contribution in [1.29, 1.82) is 0 Å². The van der Waals surface area contributed by atoms with Gasteiger partial charge in [-0.15, -0.1) is 0 Å². The predicted molar refractivity (Wildman–Crippen MR) is 152 cm³/mol. The van der Waals surface area contributed by atoms with Crippen molar-refractivity contribution >= 4 is 16.0 Å². The summed E-state index contributed by atoms with van der Waals surface area (Å²) >= 11 is 0. The van der Waals surface area contributed by atoms with Crippen molar-refractivity contribution in [2.24, 2.45) is 0 Å². The van der Waals surface area contributed by atoms with Crippen LogP contribution >= 0.6 is 0 Å². The van der Waals surface area contributed by atoms with Crippen molar-refractivity contribution < 1.29 is 23.1 Å². The van der Waals surface area contributed by atoms with Gasteiger partial charge in [0.15, 0.2) is 0 Å². The van der Waals surface area contributed by atoms with E-state index in [0.29, 0.717) is 29.9 Å². The normalized spacial score (nSPS) is 12.2. The highest BCUT2D eigenvalue weighted by molar-refractivity contribution is 7.88. The molecule has 4 rings (SSSR count). The molecule has 0 saturated heterocycles. The van der Waals surface area contributed by atoms with Gasteiger partial charge in [0.1, 0.15) is 11.8 Å². The predicted octanol–water partition coefficient (Wildman–Crippen LogP) is 5.10. The first-order valence-corrected chi connectivity index (χ1v) is 14.3. The van der Waals surface area contributed by atoms with Crippen LogP contribution in [-0.4, -0.2) is 37.1 Å². The minimum atomic E-state index is -3.85. The monoisotopic (exact) mass is 544 g/mol. The first-order valence-electron chi connectivity index (χ1n) is 12.7. The lowest BCUT2D eigenvalue weighted by atomic mass is 10.0. The molecule has 8 heteroatoms. The molecule has 0 saturated carbocycles. The van der Waals surface area contributed by atoms with E-state index in [4.69, 9.17) is 4.74 Å². The van der Waals surface area contributed by atoms with Crippen molar-refractivity contribution in [2.75, 3.05) is 6.61 Å². The molecule has 39 heavy (non-hydrogen) atoms. The fraction of sp³-hybridized carbons (Fsp3) is 0.226. The Kier molecular flexibility index (Phi) is 9.11. The minimum absolute atomic E-state index is 0.00981. The highest BCUT2D eigenvalue weighted by atomic mass is 32.2. The van der Waals surface area contributed by atoms with Crippen LogP contribution in [0.2, 0.25) is 0 Å². The first-order chi connectivity index (χ1) is 18.7. The number of aromatic nitrogens is 1. The molecular weight excluding hydrogens is 512 g/mol. The van der Waals surface area contributed by atoms with Crippen LogP contribution in [0.15, 0.2) is 91.1 Å². The van der Waals surface area contributed by atoms with Crippen LogP contribution in [0.25, 0.3) is 11.3 Å². The highest BCUT2D eigenvalue weighted by Crippen LogP contribution is 2.24. The standard InChI is InChI=1S/C31H32N2O5S/c1-22-11-12-23(2)28(17-22)29-19-24(13-15-32-29)14-16-38-27-10-6-9-26(18-27)20-30(31(34)35)33-39(36,37)21-25-7-4-3-5-8-25/h3-13,15,17-19,30,33H,14,16,20-21H2,1-2H3,(H,34,35). The van der Waals surface area contributed by atoms with E-state index >= 15 is 0 Å². The second-order valence-corrected chi connectivity index (χ2v) is 11.3. The number of nitrogens with one attached hydrogen (secondary N) is 1. The van der Waals surface area contributed by atoms with Gasteiger partial charge in [-0.3, -0.25) is 9.78 Å². The van der Waals surface area contributed by atoms with Crippen molar-refractivity contribution in [3.05, 3.63) is 119 Å². The van der Waals surface area contributed by atoms with Gasteiger partial charge in [0, 0.05) is 18.2 Å². The zero-order valence-corrected chi connectivity index (χ0v) is 22.8. The fourth-order valence-corrected chi connectivity index (χ4v) is 5.64. The van der Waals surface area contributed by atoms with Crippen molar-refractivity contribution in [3.8, 4) is 17.0 Å². The van der Waals surface area contributed by atoms with E-state index in [1.54, 1.807) is 60.8 Å². The van der Waals surface area contributed by atoms with Crippen LogP contribution in [0.1, 0.15) is 27.8 Å². The average molecular weight is 545 g/mol. The van der Waals surface area contributed by atoms with Gasteiger partial charge in [-0.1, -0.05) is 60.2 Å². The van der Waals surface area contributed by atoms with Gasteiger partial charge in [0.25, 0.3) is 0 Å². The number of sulfonamides is 1. The molecule has 0 radical (unpaired) electrons. The van der Waals surface area contributed by atoms with Crippen molar-refractivity contribution in [2.45, 2.75) is 38.5 Å². The summed E-state index contributed by atoms with van der Waals surface area (Å²) in [5, 5.41) is 9.67. The third-order valence-corrected chi connectivity index (χ3v) is 7.67. The van der Waals surface area contributed by atoms with Crippen LogP contribution < -0.4 is 9.46 Å². The van der Waals surface area contributed by atoms with Gasteiger partial charge < -0.3 is 9.84 Å². The summed E-state index contributed by atoms with van der Waals surface area (Å²) in [5.41, 5.74) is 6.71. The number of carbonyl (C=O) groups is 1. The molecule has 7 nitrogen and oxygen atoms in total. The molecule has 202 valence electrons. The summed E-state index contributed by atoms with van der Waals surface area (Å²) in [4.78, 5) is 16.4. The average Bonchev–Trinajstić information content (AvgIpc) is 2.90. The topological polar surface area (TPSA) is 106 Å². The first kappa shape index (κ1) is 28.0. The molecule has 0 amide bonds. The fourth-order valence-electron chi connectivity index (χ4n) is 4.31. The summed E-state index contributed by atoms with van der Waals surface area (Å²) in [6, 6.07) is 24.8. The molecule has 3 aromatic carbocycles. The van der Waals surface area contributed by atoms with Gasteiger partial charge in [-0.25, -0.2) is 13.1 Å². The zero-order chi connectivity index (χ0) is 27.8. The van der Waals surface area contributed by atoms with Crippen molar-refractivity contribution in [3.63, 3.8) is 0 Å². The number of rotatable bonds is 12. The Morgan fingerprint density at radius 1 is 0.923 bits per heavy atom. The Morgan fingerprint density at radius 3 is 2.46 bits per heavy atom. The SMILES string of the molecule is Cc1ccc(C)c(-c2cc(CCOc3cccc(CC(NS(=O)(=O)Cc4ccccc4)C(=O)O)c3)ccn2)c1. The molecule has 4 aromatic rings. The molecule has 1 unspecified atom stereocenters. The third kappa shape index (κ3) is 8.24. The number of aryl methyl sites for hydroxylation is 2. The van der Waals surface area contributed by atoms with Gasteiger partial charge in [-0.2, -0.15) is 0 Å². The number of aliphatic carboxylic acids is 1. The molecule has 0 fully saturated rings. The van der Waals surface area contributed by atoms with Crippen LogP contribution in [0.5, 0.6) is 5.75 Å². The Bertz CT molecular complexity index is 1540. The quantitative estimate of drug-likeness (QED) is 0.257. The van der Waals surface area contributed by atoms with Gasteiger partial charge in [-0.05, 0) is 72.9 Å². The molecule has 0 bridgehead atoms. The molecule has 1 heterocycles. The van der Waals surface area contributed by atoms with Gasteiger partial charge in [0.2, 0.25) is 10.0 Å². The number of hydrogen-bond donors (Lipinski definition) is 2. The molecule has 0 spiro atoms. The molecule has 0 aliphatic carbocycles. The lowest BCUT2D eigenvalue weighted by molar-refractivity contribution is -0.138. The molecular formula is C31H32N2O5S. The van der Waals surface area contributed by atoms with Crippen LogP contribution in [0, 0.1) is 13.8 Å². The number of ether oxygens (including phenoxy) is 1. The van der Waals surface area contributed by atoms with E-state index in [0.717, 1.165) is 16.8 Å². The van der Waals surface area contributed by atoms with E-state index in [1.807, 2.05) is 6.07 Å². The largest absolute Gasteiger partial charge is 0.493 e. The second-order valence-electron chi connectivity index (χ2n) is 9.57. The minimum Gasteiger partial charge on any atom is -0.493 e. The summed E-state index contributed by atoms with van der Waals surface area (Å²) in [5.74, 6) is -0.941.